The highest BCUT2D eigenvalue weighted by Gasteiger charge is 2.13. The number of aromatic nitrogens is 5. The van der Waals surface area contributed by atoms with E-state index in [-0.39, 0.29) is 16.5 Å². The minimum absolute atomic E-state index is 0.0470. The van der Waals surface area contributed by atoms with Crippen molar-refractivity contribution in [3.8, 4) is 5.69 Å². The van der Waals surface area contributed by atoms with Gasteiger partial charge < -0.3 is 10.4 Å². The van der Waals surface area contributed by atoms with Crippen molar-refractivity contribution in [3.05, 3.63) is 65.1 Å². The van der Waals surface area contributed by atoms with E-state index in [2.05, 4.69) is 25.6 Å². The van der Waals surface area contributed by atoms with Crippen LogP contribution in [0.5, 0.6) is 0 Å². The molecule has 0 amide bonds. The van der Waals surface area contributed by atoms with Gasteiger partial charge in [-0.25, -0.2) is 14.2 Å². The van der Waals surface area contributed by atoms with Gasteiger partial charge in [0.25, 0.3) is 0 Å². The van der Waals surface area contributed by atoms with Crippen LogP contribution in [0.25, 0.3) is 16.9 Å². The molecular weight excluding hydrogens is 375 g/mol. The zero-order valence-electron chi connectivity index (χ0n) is 13.5. The van der Waals surface area contributed by atoms with E-state index >= 15 is 0 Å². The van der Waals surface area contributed by atoms with E-state index in [0.717, 1.165) is 0 Å². The average Bonchev–Trinajstić information content (AvgIpc) is 3.06. The van der Waals surface area contributed by atoms with Crippen molar-refractivity contribution in [1.29, 1.82) is 0 Å². The van der Waals surface area contributed by atoms with Crippen molar-refractivity contribution in [2.75, 3.05) is 5.32 Å². The fourth-order valence-corrected chi connectivity index (χ4v) is 2.66. The van der Waals surface area contributed by atoms with E-state index in [4.69, 9.17) is 16.7 Å². The van der Waals surface area contributed by atoms with Gasteiger partial charge in [-0.15, -0.1) is 5.10 Å². The predicted molar refractivity (Wildman–Crippen MR) is 96.1 cm³/mol. The van der Waals surface area contributed by atoms with Gasteiger partial charge in [-0.05, 0) is 36.4 Å². The maximum Gasteiger partial charge on any atom is 0.337 e. The Bertz CT molecular complexity index is 1180. The van der Waals surface area contributed by atoms with Gasteiger partial charge in [0.2, 0.25) is 5.95 Å². The van der Waals surface area contributed by atoms with E-state index in [1.165, 1.54) is 35.1 Å². The van der Waals surface area contributed by atoms with Crippen LogP contribution in [0, 0.1) is 5.82 Å². The molecule has 27 heavy (non-hydrogen) atoms. The molecule has 2 aromatic heterocycles. The molecule has 0 fully saturated rings. The Hall–Kier alpha value is -3.59. The van der Waals surface area contributed by atoms with Gasteiger partial charge in [0, 0.05) is 5.69 Å². The van der Waals surface area contributed by atoms with Crippen LogP contribution < -0.4 is 5.32 Å². The van der Waals surface area contributed by atoms with Crippen LogP contribution in [0.4, 0.5) is 16.0 Å². The standard InChI is InChI=1S/C17H10ClFN6O2/c18-13-5-4-10(7-12(13)16(26)27)21-17-20-8-14-15(22-17)25(24-23-14)11-3-1-2-9(19)6-11/h1-8H,(H,26,27)(H,20,21,22). The predicted octanol–water partition coefficient (Wildman–Crippen LogP) is 3.44. The Morgan fingerprint density at radius 1 is 1.22 bits per heavy atom. The Labute approximate surface area is 156 Å². The summed E-state index contributed by atoms with van der Waals surface area (Å²) in [4.78, 5) is 19.7. The third kappa shape index (κ3) is 3.27. The van der Waals surface area contributed by atoms with Crippen LogP contribution >= 0.6 is 11.6 Å². The lowest BCUT2D eigenvalue weighted by Crippen LogP contribution is -2.03. The molecule has 0 bridgehead atoms. The Kier molecular flexibility index (Phi) is 4.13. The quantitative estimate of drug-likeness (QED) is 0.555. The zero-order valence-corrected chi connectivity index (χ0v) is 14.2. The van der Waals surface area contributed by atoms with Crippen LogP contribution in [-0.2, 0) is 0 Å². The van der Waals surface area contributed by atoms with E-state index in [9.17, 15) is 9.18 Å². The highest BCUT2D eigenvalue weighted by atomic mass is 35.5. The minimum atomic E-state index is -1.14. The van der Waals surface area contributed by atoms with Crippen molar-refractivity contribution in [1.82, 2.24) is 25.0 Å². The lowest BCUT2D eigenvalue weighted by atomic mass is 10.2. The van der Waals surface area contributed by atoms with Crippen molar-refractivity contribution in [2.24, 2.45) is 0 Å². The molecule has 0 aliphatic rings. The number of fused-ring (bicyclic) bond motifs is 1. The summed E-state index contributed by atoms with van der Waals surface area (Å²) < 4.78 is 14.9. The van der Waals surface area contributed by atoms with Gasteiger partial charge in [0.15, 0.2) is 11.2 Å². The van der Waals surface area contributed by atoms with Gasteiger partial charge in [0.05, 0.1) is 22.5 Å². The Balaban J connectivity index is 1.73. The van der Waals surface area contributed by atoms with Gasteiger partial charge in [-0.1, -0.05) is 22.9 Å². The summed E-state index contributed by atoms with van der Waals surface area (Å²) in [7, 11) is 0. The van der Waals surface area contributed by atoms with Gasteiger partial charge >= 0.3 is 5.97 Å². The molecule has 0 aliphatic heterocycles. The fourth-order valence-electron chi connectivity index (χ4n) is 2.47. The van der Waals surface area contributed by atoms with E-state index < -0.39 is 11.8 Å². The number of benzene rings is 2. The first-order valence-electron chi connectivity index (χ1n) is 7.65. The lowest BCUT2D eigenvalue weighted by Gasteiger charge is -2.07. The minimum Gasteiger partial charge on any atom is -0.478 e. The van der Waals surface area contributed by atoms with Crippen molar-refractivity contribution in [3.63, 3.8) is 0 Å². The number of aromatic carboxylic acids is 1. The molecule has 0 aliphatic carbocycles. The molecule has 10 heteroatoms. The van der Waals surface area contributed by atoms with E-state index in [0.29, 0.717) is 22.5 Å². The number of hydrogen-bond donors (Lipinski definition) is 2. The second kappa shape index (κ2) is 6.61. The number of nitrogens with zero attached hydrogens (tertiary/aromatic N) is 5. The highest BCUT2D eigenvalue weighted by Crippen LogP contribution is 2.23. The molecule has 0 radical (unpaired) electrons. The maximum atomic E-state index is 13.5. The normalized spacial score (nSPS) is 10.9. The Morgan fingerprint density at radius 2 is 2.07 bits per heavy atom. The number of hydrogen-bond acceptors (Lipinski definition) is 6. The van der Waals surface area contributed by atoms with Gasteiger partial charge in [-0.2, -0.15) is 9.67 Å². The number of nitrogens with one attached hydrogen (secondary N) is 1. The first kappa shape index (κ1) is 16.9. The molecule has 2 aromatic carbocycles. The lowest BCUT2D eigenvalue weighted by molar-refractivity contribution is 0.0697. The molecule has 8 nitrogen and oxygen atoms in total. The van der Waals surface area contributed by atoms with Crippen LogP contribution in [0.3, 0.4) is 0 Å². The second-order valence-corrected chi connectivity index (χ2v) is 5.92. The van der Waals surface area contributed by atoms with Gasteiger partial charge in [0.1, 0.15) is 5.82 Å². The number of anilines is 2. The molecule has 134 valence electrons. The number of carboxylic acids is 1. The third-order valence-corrected chi connectivity index (χ3v) is 4.03. The Morgan fingerprint density at radius 3 is 2.85 bits per heavy atom. The van der Waals surface area contributed by atoms with Crippen molar-refractivity contribution >= 4 is 40.4 Å². The van der Waals surface area contributed by atoms with E-state index in [1.54, 1.807) is 18.2 Å². The molecule has 4 aromatic rings. The number of halogens is 2. The summed E-state index contributed by atoms with van der Waals surface area (Å²) >= 11 is 5.87. The molecule has 0 saturated carbocycles. The topological polar surface area (TPSA) is 106 Å². The molecule has 0 atom stereocenters. The number of carbonyl (C=O) groups is 1. The molecule has 2 heterocycles. The first-order chi connectivity index (χ1) is 13.0. The molecular formula is C17H10ClFN6O2. The largest absolute Gasteiger partial charge is 0.478 e. The van der Waals surface area contributed by atoms with Crippen molar-refractivity contribution < 1.29 is 14.3 Å². The summed E-state index contributed by atoms with van der Waals surface area (Å²) in [5.41, 5.74) is 1.65. The summed E-state index contributed by atoms with van der Waals surface area (Å²) in [5.74, 6) is -1.36. The van der Waals surface area contributed by atoms with Crippen LogP contribution in [-0.4, -0.2) is 36.0 Å². The summed E-state index contributed by atoms with van der Waals surface area (Å²) in [6, 6.07) is 10.3. The molecule has 0 spiro atoms. The maximum absolute atomic E-state index is 13.5. The molecule has 2 N–H and O–H groups in total. The average molecular weight is 385 g/mol. The molecule has 0 saturated heterocycles. The summed E-state index contributed by atoms with van der Waals surface area (Å²) in [6.45, 7) is 0. The molecule has 0 unspecified atom stereocenters. The van der Waals surface area contributed by atoms with Crippen LogP contribution in [0.1, 0.15) is 10.4 Å². The van der Waals surface area contributed by atoms with Crippen LogP contribution in [0.15, 0.2) is 48.7 Å². The number of rotatable bonds is 4. The smallest absolute Gasteiger partial charge is 0.337 e. The van der Waals surface area contributed by atoms with Gasteiger partial charge in [-0.3, -0.25) is 0 Å². The first-order valence-corrected chi connectivity index (χ1v) is 8.03. The summed E-state index contributed by atoms with van der Waals surface area (Å²) in [5, 5.41) is 20.1. The summed E-state index contributed by atoms with van der Waals surface area (Å²) in [6.07, 6.45) is 1.46. The molecule has 4 rings (SSSR count). The third-order valence-electron chi connectivity index (χ3n) is 3.70. The highest BCUT2D eigenvalue weighted by molar-refractivity contribution is 6.33. The van der Waals surface area contributed by atoms with Crippen molar-refractivity contribution in [2.45, 2.75) is 0 Å². The monoisotopic (exact) mass is 384 g/mol. The SMILES string of the molecule is O=C(O)c1cc(Nc2ncc3nnn(-c4cccc(F)c4)c3n2)ccc1Cl. The van der Waals surface area contributed by atoms with E-state index in [1.807, 2.05) is 0 Å². The zero-order chi connectivity index (χ0) is 19.0. The van der Waals surface area contributed by atoms with Crippen LogP contribution in [0.2, 0.25) is 5.02 Å². The fraction of sp³-hybridized carbons (Fsp3) is 0. The second-order valence-electron chi connectivity index (χ2n) is 5.51. The number of carboxylic acid groups (broad SMARTS) is 1.